The fourth-order valence-corrected chi connectivity index (χ4v) is 2.25. The predicted octanol–water partition coefficient (Wildman–Crippen LogP) is 2.98. The van der Waals surface area contributed by atoms with Crippen LogP contribution in [0.4, 0.5) is 0 Å². The van der Waals surface area contributed by atoms with Crippen LogP contribution in [0.3, 0.4) is 0 Å². The minimum atomic E-state index is 0.616. The van der Waals surface area contributed by atoms with Crippen LogP contribution in [0, 0.1) is 6.92 Å². The first-order valence-electron chi connectivity index (χ1n) is 5.64. The summed E-state index contributed by atoms with van der Waals surface area (Å²) in [6.45, 7) is 5.53. The summed E-state index contributed by atoms with van der Waals surface area (Å²) in [5.41, 5.74) is 4.47. The highest BCUT2D eigenvalue weighted by Crippen LogP contribution is 2.31. The molecular formula is C13H19N. The normalized spacial score (nSPS) is 19.7. The van der Waals surface area contributed by atoms with Crippen LogP contribution in [0.25, 0.3) is 0 Å². The summed E-state index contributed by atoms with van der Waals surface area (Å²) < 4.78 is 0. The second-order valence-electron chi connectivity index (χ2n) is 4.25. The molecule has 0 spiro atoms. The lowest BCUT2D eigenvalue weighted by molar-refractivity contribution is 0.529. The van der Waals surface area contributed by atoms with Crippen molar-refractivity contribution >= 4 is 0 Å². The van der Waals surface area contributed by atoms with E-state index in [2.05, 4.69) is 37.4 Å². The van der Waals surface area contributed by atoms with Crippen molar-refractivity contribution in [2.75, 3.05) is 6.54 Å². The number of nitrogens with one attached hydrogen (secondary N) is 1. The molecule has 0 aliphatic heterocycles. The Kier molecular flexibility index (Phi) is 2.87. The maximum Gasteiger partial charge on any atom is 0.0326 e. The van der Waals surface area contributed by atoms with Gasteiger partial charge < -0.3 is 5.32 Å². The molecule has 1 N–H and O–H groups in total. The van der Waals surface area contributed by atoms with Crippen molar-refractivity contribution in [3.8, 4) is 0 Å². The Morgan fingerprint density at radius 2 is 2.29 bits per heavy atom. The van der Waals surface area contributed by atoms with Crippen molar-refractivity contribution in [1.29, 1.82) is 0 Å². The molecule has 1 nitrogen and oxygen atoms in total. The van der Waals surface area contributed by atoms with Gasteiger partial charge in [-0.3, -0.25) is 0 Å². The SMILES string of the molecule is CCCN[C@H]1CCc2ccc(C)cc21. The summed E-state index contributed by atoms with van der Waals surface area (Å²) >= 11 is 0. The van der Waals surface area contributed by atoms with Gasteiger partial charge in [0.25, 0.3) is 0 Å². The summed E-state index contributed by atoms with van der Waals surface area (Å²) in [5.74, 6) is 0. The van der Waals surface area contributed by atoms with Crippen LogP contribution in [-0.4, -0.2) is 6.54 Å². The highest BCUT2D eigenvalue weighted by atomic mass is 14.9. The maximum atomic E-state index is 3.61. The third-order valence-corrected chi connectivity index (χ3v) is 3.02. The maximum absolute atomic E-state index is 3.61. The summed E-state index contributed by atoms with van der Waals surface area (Å²) in [5, 5.41) is 3.61. The van der Waals surface area contributed by atoms with Gasteiger partial charge in [0, 0.05) is 6.04 Å². The molecule has 1 aliphatic carbocycles. The standard InChI is InChI=1S/C13H19N/c1-3-8-14-13-7-6-11-5-4-10(2)9-12(11)13/h4-5,9,13-14H,3,6-8H2,1-2H3/t13-/m0/s1. The average molecular weight is 189 g/mol. The van der Waals surface area contributed by atoms with E-state index in [9.17, 15) is 0 Å². The molecule has 1 heteroatoms. The molecule has 2 rings (SSSR count). The molecule has 0 heterocycles. The van der Waals surface area contributed by atoms with Gasteiger partial charge in [-0.05, 0) is 43.9 Å². The van der Waals surface area contributed by atoms with Crippen molar-refractivity contribution in [3.05, 3.63) is 34.9 Å². The zero-order valence-electron chi connectivity index (χ0n) is 9.14. The smallest absolute Gasteiger partial charge is 0.0326 e. The number of hydrogen-bond acceptors (Lipinski definition) is 1. The second-order valence-corrected chi connectivity index (χ2v) is 4.25. The van der Waals surface area contributed by atoms with Crippen molar-refractivity contribution in [1.82, 2.24) is 5.32 Å². The van der Waals surface area contributed by atoms with Gasteiger partial charge in [-0.25, -0.2) is 0 Å². The van der Waals surface area contributed by atoms with Crippen LogP contribution in [0.2, 0.25) is 0 Å². The highest BCUT2D eigenvalue weighted by molar-refractivity contribution is 5.37. The van der Waals surface area contributed by atoms with E-state index in [0.29, 0.717) is 6.04 Å². The van der Waals surface area contributed by atoms with Crippen LogP contribution in [0.15, 0.2) is 18.2 Å². The van der Waals surface area contributed by atoms with Gasteiger partial charge >= 0.3 is 0 Å². The second kappa shape index (κ2) is 4.14. The molecule has 0 saturated heterocycles. The molecule has 0 radical (unpaired) electrons. The first kappa shape index (κ1) is 9.72. The van der Waals surface area contributed by atoms with Crippen molar-refractivity contribution in [2.45, 2.75) is 39.2 Å². The third kappa shape index (κ3) is 1.83. The molecule has 1 aromatic rings. The summed E-state index contributed by atoms with van der Waals surface area (Å²) in [7, 11) is 0. The van der Waals surface area contributed by atoms with Gasteiger partial charge in [-0.1, -0.05) is 30.7 Å². The van der Waals surface area contributed by atoms with Gasteiger partial charge in [0.2, 0.25) is 0 Å². The van der Waals surface area contributed by atoms with Crippen molar-refractivity contribution < 1.29 is 0 Å². The lowest BCUT2D eigenvalue weighted by atomic mass is 10.1. The Balaban J connectivity index is 2.16. The Bertz CT molecular complexity index is 317. The average Bonchev–Trinajstić information content (AvgIpc) is 2.57. The Labute approximate surface area is 86.5 Å². The number of fused-ring (bicyclic) bond motifs is 1. The van der Waals surface area contributed by atoms with E-state index >= 15 is 0 Å². The fraction of sp³-hybridized carbons (Fsp3) is 0.538. The van der Waals surface area contributed by atoms with E-state index in [-0.39, 0.29) is 0 Å². The number of benzene rings is 1. The van der Waals surface area contributed by atoms with E-state index in [1.54, 1.807) is 11.1 Å². The topological polar surface area (TPSA) is 12.0 Å². The van der Waals surface area contributed by atoms with Crippen molar-refractivity contribution in [3.63, 3.8) is 0 Å². The van der Waals surface area contributed by atoms with Crippen LogP contribution in [0.5, 0.6) is 0 Å². The molecule has 14 heavy (non-hydrogen) atoms. The molecule has 0 bridgehead atoms. The molecule has 0 aromatic heterocycles. The summed E-state index contributed by atoms with van der Waals surface area (Å²) in [4.78, 5) is 0. The Hall–Kier alpha value is -0.820. The van der Waals surface area contributed by atoms with Crippen LogP contribution >= 0.6 is 0 Å². The fourth-order valence-electron chi connectivity index (χ4n) is 2.25. The van der Waals surface area contributed by atoms with Crippen molar-refractivity contribution in [2.24, 2.45) is 0 Å². The highest BCUT2D eigenvalue weighted by Gasteiger charge is 2.21. The van der Waals surface area contributed by atoms with E-state index in [4.69, 9.17) is 0 Å². The third-order valence-electron chi connectivity index (χ3n) is 3.02. The summed E-state index contributed by atoms with van der Waals surface area (Å²) in [6.07, 6.45) is 3.74. The number of rotatable bonds is 3. The molecule has 1 aromatic carbocycles. The lowest BCUT2D eigenvalue weighted by Crippen LogP contribution is -2.19. The quantitative estimate of drug-likeness (QED) is 0.770. The minimum absolute atomic E-state index is 0.616. The van der Waals surface area contributed by atoms with Gasteiger partial charge in [-0.15, -0.1) is 0 Å². The van der Waals surface area contributed by atoms with Gasteiger partial charge in [0.1, 0.15) is 0 Å². The molecule has 0 fully saturated rings. The lowest BCUT2D eigenvalue weighted by Gasteiger charge is -2.13. The van der Waals surface area contributed by atoms with Gasteiger partial charge in [0.05, 0.1) is 0 Å². The molecule has 0 saturated carbocycles. The first-order chi connectivity index (χ1) is 6.81. The molecular weight excluding hydrogens is 170 g/mol. The molecule has 1 atom stereocenters. The van der Waals surface area contributed by atoms with Crippen LogP contribution in [-0.2, 0) is 6.42 Å². The minimum Gasteiger partial charge on any atom is -0.310 e. The summed E-state index contributed by atoms with van der Waals surface area (Å²) in [6, 6.07) is 7.47. The van der Waals surface area contributed by atoms with Gasteiger partial charge in [-0.2, -0.15) is 0 Å². The predicted molar refractivity (Wildman–Crippen MR) is 60.5 cm³/mol. The Morgan fingerprint density at radius 1 is 1.43 bits per heavy atom. The number of aryl methyl sites for hydroxylation is 2. The van der Waals surface area contributed by atoms with Crippen LogP contribution in [0.1, 0.15) is 42.5 Å². The van der Waals surface area contributed by atoms with E-state index in [1.807, 2.05) is 0 Å². The monoisotopic (exact) mass is 189 g/mol. The van der Waals surface area contributed by atoms with E-state index in [0.717, 1.165) is 6.54 Å². The Morgan fingerprint density at radius 3 is 3.07 bits per heavy atom. The molecule has 1 aliphatic rings. The molecule has 0 unspecified atom stereocenters. The molecule has 76 valence electrons. The largest absolute Gasteiger partial charge is 0.310 e. The number of hydrogen-bond donors (Lipinski definition) is 1. The zero-order valence-corrected chi connectivity index (χ0v) is 9.14. The molecule has 0 amide bonds. The van der Waals surface area contributed by atoms with Crippen LogP contribution < -0.4 is 5.32 Å². The van der Waals surface area contributed by atoms with Gasteiger partial charge in [0.15, 0.2) is 0 Å². The van der Waals surface area contributed by atoms with E-state index in [1.165, 1.54) is 24.8 Å². The zero-order chi connectivity index (χ0) is 9.97. The van der Waals surface area contributed by atoms with E-state index < -0.39 is 0 Å². The first-order valence-corrected chi connectivity index (χ1v) is 5.64.